The number of fused-ring (bicyclic) bond motifs is 1. The van der Waals surface area contributed by atoms with Crippen LogP contribution >= 0.6 is 0 Å². The summed E-state index contributed by atoms with van der Waals surface area (Å²) in [5.41, 5.74) is 8.28. The summed E-state index contributed by atoms with van der Waals surface area (Å²) in [6.07, 6.45) is 1.86. The van der Waals surface area contributed by atoms with E-state index in [2.05, 4.69) is 40.4 Å². The minimum Gasteiger partial charge on any atom is -0.314 e. The van der Waals surface area contributed by atoms with Gasteiger partial charge >= 0.3 is 0 Å². The highest BCUT2D eigenvalue weighted by Gasteiger charge is 2.32. The third-order valence-electron chi connectivity index (χ3n) is 5.94. The first-order valence-electron chi connectivity index (χ1n) is 11.0. The number of nitrogens with one attached hydrogen (secondary N) is 1. The Morgan fingerprint density at radius 1 is 0.939 bits per heavy atom. The lowest BCUT2D eigenvalue weighted by atomic mass is 10.0. The molecule has 0 spiro atoms. The van der Waals surface area contributed by atoms with E-state index in [1.54, 1.807) is 4.90 Å². The van der Waals surface area contributed by atoms with Crippen LogP contribution in [-0.4, -0.2) is 27.9 Å². The topological polar surface area (TPSA) is 71.0 Å². The fraction of sp³-hybridized carbons (Fsp3) is 0.185. The number of nitrogens with zero attached hydrogens (tertiary/aromatic N) is 4. The van der Waals surface area contributed by atoms with Crippen LogP contribution in [0.4, 0.5) is 5.82 Å². The molecule has 0 unspecified atom stereocenters. The maximum absolute atomic E-state index is 13.2. The number of pyridine rings is 3. The molecule has 4 aromatic rings. The Morgan fingerprint density at radius 3 is 2.52 bits per heavy atom. The quantitative estimate of drug-likeness (QED) is 0.492. The molecule has 6 nitrogen and oxygen atoms in total. The number of carbonyl (C=O) groups is 1. The second-order valence-corrected chi connectivity index (χ2v) is 8.29. The lowest BCUT2D eigenvalue weighted by Crippen LogP contribution is -2.24. The monoisotopic (exact) mass is 435 g/mol. The second kappa shape index (κ2) is 8.56. The predicted octanol–water partition coefficient (Wildman–Crippen LogP) is 4.70. The number of aryl methyl sites for hydroxylation is 2. The van der Waals surface area contributed by atoms with Gasteiger partial charge in [-0.1, -0.05) is 36.4 Å². The maximum Gasteiger partial charge on any atom is 0.260 e. The van der Waals surface area contributed by atoms with Crippen LogP contribution < -0.4 is 10.2 Å². The number of carbonyl (C=O) groups excluding carboxylic acids is 1. The van der Waals surface area contributed by atoms with Gasteiger partial charge in [0.2, 0.25) is 0 Å². The van der Waals surface area contributed by atoms with Crippen LogP contribution in [0, 0.1) is 13.8 Å². The summed E-state index contributed by atoms with van der Waals surface area (Å²) in [5, 5.41) is 3.15. The Hall–Kier alpha value is -3.90. The van der Waals surface area contributed by atoms with Crippen molar-refractivity contribution >= 4 is 11.7 Å². The highest BCUT2D eigenvalue weighted by atomic mass is 16.2. The summed E-state index contributed by atoms with van der Waals surface area (Å²) in [5.74, 6) is 0.597. The molecule has 1 aliphatic heterocycles. The molecule has 5 rings (SSSR count). The zero-order valence-corrected chi connectivity index (χ0v) is 19.0. The van der Waals surface area contributed by atoms with E-state index < -0.39 is 0 Å². The SMILES string of the molecule is CNCc1nc(C)cc2c1CN(c1cccc(-c3cnc(-c4ccccc4)cc3C)n1)C2=O. The minimum absolute atomic E-state index is 0.0354. The van der Waals surface area contributed by atoms with Crippen LogP contribution in [0.2, 0.25) is 0 Å². The predicted molar refractivity (Wildman–Crippen MR) is 130 cm³/mol. The lowest BCUT2D eigenvalue weighted by molar-refractivity contribution is 0.0996. The molecule has 0 bridgehead atoms. The van der Waals surface area contributed by atoms with Gasteiger partial charge in [0.25, 0.3) is 5.91 Å². The van der Waals surface area contributed by atoms with Gasteiger partial charge in [0, 0.05) is 40.7 Å². The van der Waals surface area contributed by atoms with Crippen LogP contribution in [-0.2, 0) is 13.1 Å². The van der Waals surface area contributed by atoms with E-state index in [0.717, 1.165) is 45.0 Å². The standard InChI is InChI=1S/C27H25N5O/c1-17-12-24(19-8-5-4-6-9-19)29-14-21(17)23-10-7-11-26(31-23)32-16-22-20(27(32)33)13-18(2)30-25(22)15-28-3/h4-14,28H,15-16H2,1-3H3. The average Bonchev–Trinajstić information content (AvgIpc) is 3.16. The highest BCUT2D eigenvalue weighted by molar-refractivity contribution is 6.09. The molecule has 0 aliphatic carbocycles. The Labute approximate surface area is 193 Å². The van der Waals surface area contributed by atoms with Gasteiger partial charge in [-0.25, -0.2) is 4.98 Å². The fourth-order valence-electron chi connectivity index (χ4n) is 4.32. The average molecular weight is 436 g/mol. The molecular formula is C27H25N5O. The van der Waals surface area contributed by atoms with Crippen molar-refractivity contribution in [3.05, 3.63) is 94.9 Å². The van der Waals surface area contributed by atoms with Crippen molar-refractivity contribution in [1.82, 2.24) is 20.3 Å². The minimum atomic E-state index is -0.0354. The molecule has 4 heterocycles. The fourth-order valence-corrected chi connectivity index (χ4v) is 4.32. The van der Waals surface area contributed by atoms with E-state index in [4.69, 9.17) is 4.98 Å². The van der Waals surface area contributed by atoms with Gasteiger partial charge in [0.15, 0.2) is 0 Å². The van der Waals surface area contributed by atoms with Crippen LogP contribution in [0.15, 0.2) is 66.9 Å². The van der Waals surface area contributed by atoms with E-state index in [1.807, 2.05) is 62.6 Å². The summed E-state index contributed by atoms with van der Waals surface area (Å²) in [6, 6.07) is 19.9. The van der Waals surface area contributed by atoms with Crippen LogP contribution in [0.1, 0.15) is 32.9 Å². The Balaban J connectivity index is 1.48. The van der Waals surface area contributed by atoms with Crippen molar-refractivity contribution in [1.29, 1.82) is 0 Å². The number of hydrogen-bond acceptors (Lipinski definition) is 5. The number of anilines is 1. The zero-order valence-electron chi connectivity index (χ0n) is 19.0. The van der Waals surface area contributed by atoms with E-state index in [0.29, 0.717) is 24.5 Å². The molecule has 0 atom stereocenters. The second-order valence-electron chi connectivity index (χ2n) is 8.29. The van der Waals surface area contributed by atoms with Crippen LogP contribution in [0.5, 0.6) is 0 Å². The van der Waals surface area contributed by atoms with Gasteiger partial charge in [0.1, 0.15) is 5.82 Å². The van der Waals surface area contributed by atoms with E-state index >= 15 is 0 Å². The lowest BCUT2D eigenvalue weighted by Gasteiger charge is -2.16. The molecule has 1 N–H and O–H groups in total. The molecule has 6 heteroatoms. The molecule has 0 saturated heterocycles. The van der Waals surface area contributed by atoms with E-state index in [-0.39, 0.29) is 5.91 Å². The first-order chi connectivity index (χ1) is 16.0. The normalized spacial score (nSPS) is 12.8. The summed E-state index contributed by atoms with van der Waals surface area (Å²) in [6.45, 7) is 5.08. The first-order valence-corrected chi connectivity index (χ1v) is 11.0. The number of aromatic nitrogens is 3. The Kier molecular flexibility index (Phi) is 5.44. The smallest absolute Gasteiger partial charge is 0.260 e. The Morgan fingerprint density at radius 2 is 1.76 bits per heavy atom. The molecule has 0 saturated carbocycles. The van der Waals surface area contributed by atoms with Gasteiger partial charge < -0.3 is 5.32 Å². The number of rotatable bonds is 5. The third kappa shape index (κ3) is 3.90. The van der Waals surface area contributed by atoms with Crippen molar-refractivity contribution in [3.8, 4) is 22.5 Å². The Bertz CT molecular complexity index is 1350. The number of amides is 1. The van der Waals surface area contributed by atoms with Gasteiger partial charge in [-0.3, -0.25) is 19.7 Å². The maximum atomic E-state index is 13.2. The molecule has 1 aromatic carbocycles. The van der Waals surface area contributed by atoms with Gasteiger partial charge in [-0.2, -0.15) is 0 Å². The van der Waals surface area contributed by atoms with Crippen molar-refractivity contribution in [2.75, 3.05) is 11.9 Å². The van der Waals surface area contributed by atoms with Gasteiger partial charge in [-0.15, -0.1) is 0 Å². The molecule has 0 fully saturated rings. The molecular weight excluding hydrogens is 410 g/mol. The summed E-state index contributed by atoms with van der Waals surface area (Å²) in [7, 11) is 1.88. The van der Waals surface area contributed by atoms with Crippen LogP contribution in [0.3, 0.4) is 0 Å². The summed E-state index contributed by atoms with van der Waals surface area (Å²) in [4.78, 5) is 29.1. The van der Waals surface area contributed by atoms with Crippen molar-refractivity contribution in [2.45, 2.75) is 26.9 Å². The zero-order chi connectivity index (χ0) is 22.9. The first kappa shape index (κ1) is 21.0. The molecule has 164 valence electrons. The van der Waals surface area contributed by atoms with Crippen molar-refractivity contribution in [3.63, 3.8) is 0 Å². The molecule has 1 amide bonds. The van der Waals surface area contributed by atoms with E-state index in [1.165, 1.54) is 0 Å². The van der Waals surface area contributed by atoms with Gasteiger partial charge in [0.05, 0.1) is 23.6 Å². The molecule has 0 radical (unpaired) electrons. The largest absolute Gasteiger partial charge is 0.314 e. The highest BCUT2D eigenvalue weighted by Crippen LogP contribution is 2.32. The number of benzene rings is 1. The molecule has 33 heavy (non-hydrogen) atoms. The summed E-state index contributed by atoms with van der Waals surface area (Å²) >= 11 is 0. The summed E-state index contributed by atoms with van der Waals surface area (Å²) < 4.78 is 0. The van der Waals surface area contributed by atoms with E-state index in [9.17, 15) is 4.79 Å². The third-order valence-corrected chi connectivity index (χ3v) is 5.94. The van der Waals surface area contributed by atoms with Crippen LogP contribution in [0.25, 0.3) is 22.5 Å². The van der Waals surface area contributed by atoms with Crippen molar-refractivity contribution in [2.24, 2.45) is 0 Å². The van der Waals surface area contributed by atoms with Gasteiger partial charge in [-0.05, 0) is 50.7 Å². The van der Waals surface area contributed by atoms with Crippen molar-refractivity contribution < 1.29 is 4.79 Å². The molecule has 1 aliphatic rings. The number of hydrogen-bond donors (Lipinski definition) is 1. The molecule has 3 aromatic heterocycles.